The number of fused-ring (bicyclic) bond motifs is 1. The molecule has 2 aliphatic heterocycles. The first-order valence-corrected chi connectivity index (χ1v) is 8.90. The fourth-order valence-corrected chi connectivity index (χ4v) is 4.32. The third-order valence-electron chi connectivity index (χ3n) is 5.33. The second-order valence-corrected chi connectivity index (χ2v) is 7.51. The van der Waals surface area contributed by atoms with E-state index < -0.39 is 0 Å². The zero-order valence-electron chi connectivity index (χ0n) is 15.0. The minimum atomic E-state index is -0.117. The van der Waals surface area contributed by atoms with Gasteiger partial charge in [0.15, 0.2) is 0 Å². The van der Waals surface area contributed by atoms with Crippen molar-refractivity contribution in [3.63, 3.8) is 0 Å². The molecule has 3 unspecified atom stereocenters. The third kappa shape index (κ3) is 3.64. The van der Waals surface area contributed by atoms with Crippen LogP contribution in [-0.4, -0.2) is 36.5 Å². The number of amides is 1. The van der Waals surface area contributed by atoms with Crippen molar-refractivity contribution in [1.82, 2.24) is 4.90 Å². The molecule has 2 heterocycles. The summed E-state index contributed by atoms with van der Waals surface area (Å²) < 4.78 is 0. The Balaban J connectivity index is 0.00000208. The minimum Gasteiger partial charge on any atom is -0.398 e. The summed E-state index contributed by atoms with van der Waals surface area (Å²) >= 11 is 0. The summed E-state index contributed by atoms with van der Waals surface area (Å²) in [5, 5.41) is 0. The van der Waals surface area contributed by atoms with Crippen LogP contribution in [0.15, 0.2) is 18.2 Å². The summed E-state index contributed by atoms with van der Waals surface area (Å²) in [6, 6.07) is 5.95. The molecule has 0 saturated carbocycles. The van der Waals surface area contributed by atoms with Gasteiger partial charge < -0.3 is 15.5 Å². The van der Waals surface area contributed by atoms with E-state index in [4.69, 9.17) is 5.73 Å². The van der Waals surface area contributed by atoms with E-state index in [1.165, 1.54) is 12.0 Å². The molecule has 1 amide bonds. The van der Waals surface area contributed by atoms with Crippen molar-refractivity contribution in [3.05, 3.63) is 23.8 Å². The van der Waals surface area contributed by atoms with E-state index in [9.17, 15) is 4.79 Å². The van der Waals surface area contributed by atoms with Crippen LogP contribution >= 0.6 is 12.4 Å². The van der Waals surface area contributed by atoms with Gasteiger partial charge in [-0.1, -0.05) is 19.9 Å². The van der Waals surface area contributed by atoms with E-state index in [1.807, 2.05) is 19.1 Å². The molecule has 24 heavy (non-hydrogen) atoms. The highest BCUT2D eigenvalue weighted by atomic mass is 35.5. The average molecular weight is 352 g/mol. The molecule has 0 aromatic heterocycles. The number of carbonyl (C=O) groups is 1. The van der Waals surface area contributed by atoms with Crippen LogP contribution in [0.5, 0.6) is 0 Å². The molecule has 3 atom stereocenters. The number of carbonyl (C=O) groups excluding carboxylic acids is 1. The number of halogens is 1. The van der Waals surface area contributed by atoms with Gasteiger partial charge in [-0.15, -0.1) is 12.4 Å². The molecule has 1 fully saturated rings. The number of hydrogen-bond acceptors (Lipinski definition) is 3. The van der Waals surface area contributed by atoms with Gasteiger partial charge in [0.2, 0.25) is 5.91 Å². The SMILES string of the molecule is CC1CC(C)CN(C(=O)C(C)N2CCCc3c(N)cccc32)C1.Cl. The summed E-state index contributed by atoms with van der Waals surface area (Å²) in [6.07, 6.45) is 3.30. The maximum Gasteiger partial charge on any atom is 0.244 e. The molecule has 0 spiro atoms. The van der Waals surface area contributed by atoms with E-state index in [0.717, 1.165) is 43.9 Å². The van der Waals surface area contributed by atoms with Crippen LogP contribution in [0.4, 0.5) is 11.4 Å². The van der Waals surface area contributed by atoms with Gasteiger partial charge in [0.1, 0.15) is 6.04 Å². The van der Waals surface area contributed by atoms with E-state index >= 15 is 0 Å². The van der Waals surface area contributed by atoms with Crippen molar-refractivity contribution in [2.75, 3.05) is 30.3 Å². The molecule has 2 aliphatic rings. The molecule has 0 bridgehead atoms. The Morgan fingerprint density at radius 3 is 2.58 bits per heavy atom. The average Bonchev–Trinajstić information content (AvgIpc) is 2.52. The summed E-state index contributed by atoms with van der Waals surface area (Å²) in [6.45, 7) is 9.26. The van der Waals surface area contributed by atoms with E-state index in [2.05, 4.69) is 29.7 Å². The molecular weight excluding hydrogens is 322 g/mol. The number of nitrogen functional groups attached to an aromatic ring is 1. The fraction of sp³-hybridized carbons (Fsp3) is 0.632. The van der Waals surface area contributed by atoms with Gasteiger partial charge in [0.25, 0.3) is 0 Å². The van der Waals surface area contributed by atoms with Gasteiger partial charge in [0.05, 0.1) is 0 Å². The highest BCUT2D eigenvalue weighted by Crippen LogP contribution is 2.33. The van der Waals surface area contributed by atoms with Crippen molar-refractivity contribution < 1.29 is 4.79 Å². The topological polar surface area (TPSA) is 49.6 Å². The van der Waals surface area contributed by atoms with Crippen molar-refractivity contribution in [3.8, 4) is 0 Å². The monoisotopic (exact) mass is 351 g/mol. The number of rotatable bonds is 2. The highest BCUT2D eigenvalue weighted by molar-refractivity contribution is 5.86. The predicted octanol–water partition coefficient (Wildman–Crippen LogP) is 3.34. The molecule has 2 N–H and O–H groups in total. The zero-order valence-corrected chi connectivity index (χ0v) is 15.8. The van der Waals surface area contributed by atoms with Gasteiger partial charge in [0, 0.05) is 31.0 Å². The lowest BCUT2D eigenvalue weighted by atomic mass is 9.91. The lowest BCUT2D eigenvalue weighted by Crippen LogP contribution is -2.52. The smallest absolute Gasteiger partial charge is 0.244 e. The minimum absolute atomic E-state index is 0. The predicted molar refractivity (Wildman–Crippen MR) is 103 cm³/mol. The Morgan fingerprint density at radius 2 is 1.92 bits per heavy atom. The second-order valence-electron chi connectivity index (χ2n) is 7.51. The largest absolute Gasteiger partial charge is 0.398 e. The Bertz CT molecular complexity index is 582. The van der Waals surface area contributed by atoms with Crippen LogP contribution in [0.3, 0.4) is 0 Å². The fourth-order valence-electron chi connectivity index (χ4n) is 4.32. The molecule has 1 aromatic rings. The van der Waals surface area contributed by atoms with Crippen molar-refractivity contribution in [2.45, 2.75) is 46.1 Å². The van der Waals surface area contributed by atoms with Crippen LogP contribution in [0.25, 0.3) is 0 Å². The molecule has 0 radical (unpaired) electrons. The zero-order chi connectivity index (χ0) is 16.6. The number of anilines is 2. The molecule has 4 nitrogen and oxygen atoms in total. The number of piperidine rings is 1. The van der Waals surface area contributed by atoms with E-state index in [1.54, 1.807) is 0 Å². The summed E-state index contributed by atoms with van der Waals surface area (Å²) in [5.41, 5.74) is 9.35. The number of benzene rings is 1. The van der Waals surface area contributed by atoms with E-state index in [-0.39, 0.29) is 24.4 Å². The standard InChI is InChI=1S/C19H29N3O.ClH/c1-13-10-14(2)12-21(11-13)19(23)15(3)22-9-5-6-16-17(20)7-4-8-18(16)22;/h4,7-8,13-15H,5-6,9-12,20H2,1-3H3;1H. The number of likely N-dealkylation sites (tertiary alicyclic amines) is 1. The highest BCUT2D eigenvalue weighted by Gasteiger charge is 2.32. The van der Waals surface area contributed by atoms with Gasteiger partial charge in [-0.25, -0.2) is 0 Å². The van der Waals surface area contributed by atoms with Gasteiger partial charge in [-0.05, 0) is 55.7 Å². The molecule has 5 heteroatoms. The van der Waals surface area contributed by atoms with Crippen molar-refractivity contribution in [2.24, 2.45) is 11.8 Å². The Kier molecular flexibility index (Phi) is 6.02. The Labute approximate surface area is 151 Å². The maximum atomic E-state index is 13.0. The number of nitrogens with two attached hydrogens (primary N) is 1. The van der Waals surface area contributed by atoms with Crippen LogP contribution in [0.2, 0.25) is 0 Å². The molecule has 1 saturated heterocycles. The molecule has 134 valence electrons. The molecule has 0 aliphatic carbocycles. The number of nitrogens with zero attached hydrogens (tertiary/aromatic N) is 2. The normalized spacial score (nSPS) is 24.8. The van der Waals surface area contributed by atoms with Crippen LogP contribution < -0.4 is 10.6 Å². The second kappa shape index (κ2) is 7.64. The quantitative estimate of drug-likeness (QED) is 0.831. The molecule has 3 rings (SSSR count). The van der Waals surface area contributed by atoms with Gasteiger partial charge in [-0.3, -0.25) is 4.79 Å². The lowest BCUT2D eigenvalue weighted by molar-refractivity contribution is -0.135. The van der Waals surface area contributed by atoms with Crippen molar-refractivity contribution >= 4 is 29.7 Å². The van der Waals surface area contributed by atoms with Crippen LogP contribution in [0, 0.1) is 11.8 Å². The number of hydrogen-bond donors (Lipinski definition) is 1. The Hall–Kier alpha value is -1.42. The van der Waals surface area contributed by atoms with Crippen LogP contribution in [0.1, 0.15) is 39.2 Å². The van der Waals surface area contributed by atoms with Crippen molar-refractivity contribution in [1.29, 1.82) is 0 Å². The van der Waals surface area contributed by atoms with Gasteiger partial charge in [-0.2, -0.15) is 0 Å². The first-order chi connectivity index (χ1) is 11.0. The lowest BCUT2D eigenvalue weighted by Gasteiger charge is -2.41. The summed E-state index contributed by atoms with van der Waals surface area (Å²) in [5.74, 6) is 1.46. The first kappa shape index (κ1) is 18.9. The molecule has 1 aromatic carbocycles. The maximum absolute atomic E-state index is 13.0. The Morgan fingerprint density at radius 1 is 1.25 bits per heavy atom. The van der Waals surface area contributed by atoms with Crippen LogP contribution in [-0.2, 0) is 11.2 Å². The third-order valence-corrected chi connectivity index (χ3v) is 5.33. The summed E-state index contributed by atoms with van der Waals surface area (Å²) in [7, 11) is 0. The van der Waals surface area contributed by atoms with Gasteiger partial charge >= 0.3 is 0 Å². The van der Waals surface area contributed by atoms with E-state index in [0.29, 0.717) is 11.8 Å². The summed E-state index contributed by atoms with van der Waals surface area (Å²) in [4.78, 5) is 17.4. The first-order valence-electron chi connectivity index (χ1n) is 8.90. The molecular formula is C19H30ClN3O.